The van der Waals surface area contributed by atoms with Crippen LogP contribution in [0, 0.1) is 6.92 Å². The van der Waals surface area contributed by atoms with Crippen molar-refractivity contribution in [2.45, 2.75) is 19.9 Å². The van der Waals surface area contributed by atoms with Crippen LogP contribution in [0.5, 0.6) is 0 Å². The first-order valence-electron chi connectivity index (χ1n) is 4.97. The largest absolute Gasteiger partial charge is 0.323 e. The Morgan fingerprint density at radius 1 is 1.40 bits per heavy atom. The number of hydrogen-bond acceptors (Lipinski definition) is 3. The lowest BCUT2D eigenvalue weighted by molar-refractivity contribution is 0.590. The van der Waals surface area contributed by atoms with Crippen LogP contribution in [-0.4, -0.2) is 19.9 Å². The third-order valence-corrected chi connectivity index (χ3v) is 4.09. The molecular weight excluding hydrogens is 210 g/mol. The molecule has 0 fully saturated rings. The number of rotatable bonds is 4. The zero-order valence-corrected chi connectivity index (χ0v) is 9.92. The van der Waals surface area contributed by atoms with Gasteiger partial charge in [0.15, 0.2) is 9.84 Å². The fraction of sp³-hybridized carbons (Fsp3) is 0.455. The molecule has 1 aromatic rings. The Balaban J connectivity index is 2.82. The Labute approximate surface area is 91.2 Å². The molecule has 0 spiro atoms. The van der Waals surface area contributed by atoms with Crippen LogP contribution in [0.15, 0.2) is 24.3 Å². The molecule has 0 heterocycles. The second-order valence-electron chi connectivity index (χ2n) is 3.72. The van der Waals surface area contributed by atoms with E-state index in [2.05, 4.69) is 0 Å². The van der Waals surface area contributed by atoms with Crippen molar-refractivity contribution in [3.05, 3.63) is 35.4 Å². The molecule has 0 bridgehead atoms. The molecule has 0 aromatic heterocycles. The van der Waals surface area contributed by atoms with Crippen LogP contribution in [0.1, 0.15) is 24.1 Å². The van der Waals surface area contributed by atoms with Gasteiger partial charge < -0.3 is 5.73 Å². The van der Waals surface area contributed by atoms with Gasteiger partial charge in [0.05, 0.1) is 5.75 Å². The van der Waals surface area contributed by atoms with Gasteiger partial charge in [-0.2, -0.15) is 0 Å². The summed E-state index contributed by atoms with van der Waals surface area (Å²) in [5, 5.41) is 0. The van der Waals surface area contributed by atoms with Crippen molar-refractivity contribution < 1.29 is 8.42 Å². The summed E-state index contributed by atoms with van der Waals surface area (Å²) in [6.45, 7) is 3.60. The first-order valence-corrected chi connectivity index (χ1v) is 6.79. The van der Waals surface area contributed by atoms with Crippen LogP contribution in [0.2, 0.25) is 0 Å². The topological polar surface area (TPSA) is 60.2 Å². The molecular formula is C11H17NO2S. The molecule has 0 unspecified atom stereocenters. The second-order valence-corrected chi connectivity index (χ2v) is 6.12. The van der Waals surface area contributed by atoms with Crippen LogP contribution in [-0.2, 0) is 9.84 Å². The predicted octanol–water partition coefficient (Wildman–Crippen LogP) is 1.43. The maximum atomic E-state index is 11.4. The molecule has 15 heavy (non-hydrogen) atoms. The number of aryl methyl sites for hydroxylation is 1. The minimum absolute atomic E-state index is 0.0208. The number of hydrogen-bond donors (Lipinski definition) is 1. The average molecular weight is 227 g/mol. The fourth-order valence-corrected chi connectivity index (χ4v) is 2.36. The molecule has 1 aromatic carbocycles. The zero-order valence-electron chi connectivity index (χ0n) is 9.10. The zero-order chi connectivity index (χ0) is 11.5. The van der Waals surface area contributed by atoms with Crippen molar-refractivity contribution >= 4 is 9.84 Å². The Bertz CT molecular complexity index is 426. The van der Waals surface area contributed by atoms with Gasteiger partial charge in [-0.3, -0.25) is 0 Å². The highest BCUT2D eigenvalue weighted by atomic mass is 32.2. The van der Waals surface area contributed by atoms with Crippen LogP contribution >= 0.6 is 0 Å². The monoisotopic (exact) mass is 227 g/mol. The highest BCUT2D eigenvalue weighted by Gasteiger charge is 2.15. The number of nitrogens with two attached hydrogens (primary N) is 1. The summed E-state index contributed by atoms with van der Waals surface area (Å²) >= 11 is 0. The van der Waals surface area contributed by atoms with E-state index in [4.69, 9.17) is 5.73 Å². The molecule has 84 valence electrons. The van der Waals surface area contributed by atoms with E-state index >= 15 is 0 Å². The van der Waals surface area contributed by atoms with Gasteiger partial charge in [0.25, 0.3) is 0 Å². The first-order chi connectivity index (χ1) is 6.94. The molecule has 0 amide bonds. The summed E-state index contributed by atoms with van der Waals surface area (Å²) in [6, 6.07) is 7.22. The van der Waals surface area contributed by atoms with E-state index in [0.717, 1.165) is 11.1 Å². The van der Waals surface area contributed by atoms with E-state index in [9.17, 15) is 8.42 Å². The van der Waals surface area contributed by atoms with Crippen molar-refractivity contribution in [1.82, 2.24) is 0 Å². The summed E-state index contributed by atoms with van der Waals surface area (Å²) in [5.74, 6) is 0.166. The minimum Gasteiger partial charge on any atom is -0.323 e. The van der Waals surface area contributed by atoms with E-state index in [1.165, 1.54) is 0 Å². The highest BCUT2D eigenvalue weighted by Crippen LogP contribution is 2.14. The Kier molecular flexibility index (Phi) is 3.88. The lowest BCUT2D eigenvalue weighted by Crippen LogP contribution is -2.22. The smallest absolute Gasteiger partial charge is 0.151 e. The van der Waals surface area contributed by atoms with Crippen LogP contribution in [0.25, 0.3) is 0 Å². The van der Waals surface area contributed by atoms with Crippen molar-refractivity contribution in [2.75, 3.05) is 11.5 Å². The Morgan fingerprint density at radius 3 is 2.60 bits per heavy atom. The SMILES string of the molecule is CCS(=O)(=O)C[C@@H](N)c1cccc(C)c1. The second kappa shape index (κ2) is 4.77. The Hall–Kier alpha value is -0.870. The van der Waals surface area contributed by atoms with E-state index < -0.39 is 15.9 Å². The molecule has 4 heteroatoms. The van der Waals surface area contributed by atoms with Crippen LogP contribution in [0.4, 0.5) is 0 Å². The highest BCUT2D eigenvalue weighted by molar-refractivity contribution is 7.91. The van der Waals surface area contributed by atoms with Crippen LogP contribution in [0.3, 0.4) is 0 Å². The maximum Gasteiger partial charge on any atom is 0.151 e. The van der Waals surface area contributed by atoms with E-state index in [1.807, 2.05) is 31.2 Å². The van der Waals surface area contributed by atoms with Crippen molar-refractivity contribution in [3.63, 3.8) is 0 Å². The van der Waals surface area contributed by atoms with Gasteiger partial charge in [-0.05, 0) is 12.5 Å². The minimum atomic E-state index is -3.00. The van der Waals surface area contributed by atoms with Gasteiger partial charge in [-0.15, -0.1) is 0 Å². The Morgan fingerprint density at radius 2 is 2.07 bits per heavy atom. The summed E-state index contributed by atoms with van der Waals surface area (Å²) in [4.78, 5) is 0. The third-order valence-electron chi connectivity index (χ3n) is 2.34. The standard InChI is InChI=1S/C11H17NO2S/c1-3-15(13,14)8-11(12)10-6-4-5-9(2)7-10/h4-7,11H,3,8,12H2,1-2H3/t11-/m1/s1. The predicted molar refractivity (Wildman–Crippen MR) is 62.4 cm³/mol. The van der Waals surface area contributed by atoms with Gasteiger partial charge >= 0.3 is 0 Å². The fourth-order valence-electron chi connectivity index (χ4n) is 1.39. The molecule has 0 radical (unpaired) electrons. The van der Waals surface area contributed by atoms with Crippen molar-refractivity contribution in [3.8, 4) is 0 Å². The third kappa shape index (κ3) is 3.64. The molecule has 0 aliphatic rings. The average Bonchev–Trinajstić information content (AvgIpc) is 2.17. The quantitative estimate of drug-likeness (QED) is 0.846. The van der Waals surface area contributed by atoms with Gasteiger partial charge in [0.2, 0.25) is 0 Å². The summed E-state index contributed by atoms with van der Waals surface area (Å²) < 4.78 is 22.8. The van der Waals surface area contributed by atoms with Gasteiger partial charge in [0, 0.05) is 11.8 Å². The number of sulfone groups is 1. The van der Waals surface area contributed by atoms with Crippen molar-refractivity contribution in [1.29, 1.82) is 0 Å². The van der Waals surface area contributed by atoms with E-state index in [0.29, 0.717) is 0 Å². The van der Waals surface area contributed by atoms with Gasteiger partial charge in [-0.1, -0.05) is 36.8 Å². The lowest BCUT2D eigenvalue weighted by atomic mass is 10.1. The van der Waals surface area contributed by atoms with Crippen molar-refractivity contribution in [2.24, 2.45) is 5.73 Å². The first kappa shape index (κ1) is 12.2. The normalized spacial score (nSPS) is 13.8. The molecule has 1 rings (SSSR count). The molecule has 0 saturated heterocycles. The lowest BCUT2D eigenvalue weighted by Gasteiger charge is -2.12. The molecule has 3 nitrogen and oxygen atoms in total. The molecule has 0 aliphatic carbocycles. The molecule has 1 atom stereocenters. The number of benzene rings is 1. The van der Waals surface area contributed by atoms with Gasteiger partial charge in [-0.25, -0.2) is 8.42 Å². The van der Waals surface area contributed by atoms with E-state index in [-0.39, 0.29) is 11.5 Å². The molecule has 0 aliphatic heterocycles. The molecule has 2 N–H and O–H groups in total. The summed E-state index contributed by atoms with van der Waals surface area (Å²) in [7, 11) is -3.00. The van der Waals surface area contributed by atoms with Crippen LogP contribution < -0.4 is 5.73 Å². The van der Waals surface area contributed by atoms with Gasteiger partial charge in [0.1, 0.15) is 0 Å². The summed E-state index contributed by atoms with van der Waals surface area (Å²) in [5.41, 5.74) is 7.82. The molecule has 0 saturated carbocycles. The van der Waals surface area contributed by atoms with E-state index in [1.54, 1.807) is 6.92 Å². The maximum absolute atomic E-state index is 11.4. The summed E-state index contributed by atoms with van der Waals surface area (Å²) in [6.07, 6.45) is 0.